The minimum atomic E-state index is 0.774. The summed E-state index contributed by atoms with van der Waals surface area (Å²) in [4.78, 5) is 8.55. The van der Waals surface area contributed by atoms with Crippen molar-refractivity contribution in [3.63, 3.8) is 0 Å². The monoisotopic (exact) mass is 239 g/mol. The molecule has 1 aliphatic heterocycles. The van der Waals surface area contributed by atoms with Crippen molar-refractivity contribution in [1.82, 2.24) is 4.98 Å². The standard InChI is InChI=1S/C12H21N3S/c1-10-11(6-5-7-13)16-12(14-10)15-8-3-2-4-9-15/h2-9,13H2,1H3. The Bertz CT molecular complexity index is 329. The topological polar surface area (TPSA) is 42.2 Å². The van der Waals surface area contributed by atoms with E-state index < -0.39 is 0 Å². The van der Waals surface area contributed by atoms with Gasteiger partial charge < -0.3 is 10.6 Å². The summed E-state index contributed by atoms with van der Waals surface area (Å²) < 4.78 is 0. The lowest BCUT2D eigenvalue weighted by Crippen LogP contribution is -2.29. The first-order chi connectivity index (χ1) is 7.81. The molecule has 2 heterocycles. The van der Waals surface area contributed by atoms with E-state index in [1.807, 2.05) is 11.3 Å². The molecule has 0 aliphatic carbocycles. The molecule has 3 nitrogen and oxygen atoms in total. The van der Waals surface area contributed by atoms with Crippen molar-refractivity contribution in [2.45, 2.75) is 39.0 Å². The highest BCUT2D eigenvalue weighted by atomic mass is 32.1. The van der Waals surface area contributed by atoms with Crippen molar-refractivity contribution in [2.75, 3.05) is 24.5 Å². The van der Waals surface area contributed by atoms with E-state index in [0.717, 1.165) is 19.4 Å². The summed E-state index contributed by atoms with van der Waals surface area (Å²) in [7, 11) is 0. The molecule has 16 heavy (non-hydrogen) atoms. The number of hydrogen-bond acceptors (Lipinski definition) is 4. The summed E-state index contributed by atoms with van der Waals surface area (Å²) in [6, 6.07) is 0. The zero-order valence-electron chi connectivity index (χ0n) is 10.0. The van der Waals surface area contributed by atoms with Gasteiger partial charge in [-0.2, -0.15) is 0 Å². The van der Waals surface area contributed by atoms with Crippen molar-refractivity contribution in [3.05, 3.63) is 10.6 Å². The summed E-state index contributed by atoms with van der Waals surface area (Å²) >= 11 is 1.87. The number of thiazole rings is 1. The van der Waals surface area contributed by atoms with Gasteiger partial charge in [-0.1, -0.05) is 0 Å². The largest absolute Gasteiger partial charge is 0.348 e. The number of anilines is 1. The Balaban J connectivity index is 2.03. The van der Waals surface area contributed by atoms with Crippen LogP contribution in [0.15, 0.2) is 0 Å². The molecular weight excluding hydrogens is 218 g/mol. The van der Waals surface area contributed by atoms with Crippen LogP contribution in [0.4, 0.5) is 5.13 Å². The first kappa shape index (κ1) is 11.9. The van der Waals surface area contributed by atoms with E-state index in [4.69, 9.17) is 10.7 Å². The van der Waals surface area contributed by atoms with Gasteiger partial charge in [-0.15, -0.1) is 11.3 Å². The average Bonchev–Trinajstić information content (AvgIpc) is 2.69. The number of nitrogens with two attached hydrogens (primary N) is 1. The third-order valence-corrected chi connectivity index (χ3v) is 4.39. The Kier molecular flexibility index (Phi) is 4.18. The van der Waals surface area contributed by atoms with Gasteiger partial charge in [0.1, 0.15) is 0 Å². The second-order valence-corrected chi connectivity index (χ2v) is 5.51. The number of piperidine rings is 1. The predicted molar refractivity (Wildman–Crippen MR) is 70.3 cm³/mol. The lowest BCUT2D eigenvalue weighted by atomic mass is 10.1. The minimum Gasteiger partial charge on any atom is -0.348 e. The van der Waals surface area contributed by atoms with E-state index in [0.29, 0.717) is 0 Å². The maximum Gasteiger partial charge on any atom is 0.185 e. The SMILES string of the molecule is Cc1nc(N2CCCCC2)sc1CCCN. The summed E-state index contributed by atoms with van der Waals surface area (Å²) in [6.45, 7) is 5.26. The lowest BCUT2D eigenvalue weighted by molar-refractivity contribution is 0.576. The molecule has 0 atom stereocenters. The van der Waals surface area contributed by atoms with Crippen LogP contribution in [0.5, 0.6) is 0 Å². The van der Waals surface area contributed by atoms with Crippen LogP contribution in [0.1, 0.15) is 36.3 Å². The number of hydrogen-bond donors (Lipinski definition) is 1. The molecule has 1 fully saturated rings. The zero-order valence-corrected chi connectivity index (χ0v) is 10.9. The van der Waals surface area contributed by atoms with Gasteiger partial charge in [0.25, 0.3) is 0 Å². The molecule has 0 saturated carbocycles. The van der Waals surface area contributed by atoms with E-state index in [9.17, 15) is 0 Å². The molecule has 1 aromatic heterocycles. The maximum absolute atomic E-state index is 5.55. The maximum atomic E-state index is 5.55. The van der Waals surface area contributed by atoms with Crippen LogP contribution < -0.4 is 10.6 Å². The molecule has 90 valence electrons. The van der Waals surface area contributed by atoms with E-state index >= 15 is 0 Å². The Morgan fingerprint density at radius 2 is 2.06 bits per heavy atom. The van der Waals surface area contributed by atoms with Gasteiger partial charge in [-0.3, -0.25) is 0 Å². The second-order valence-electron chi connectivity index (χ2n) is 4.44. The summed E-state index contributed by atoms with van der Waals surface area (Å²) in [5.74, 6) is 0. The Labute approximate surface area is 102 Å². The van der Waals surface area contributed by atoms with Gasteiger partial charge in [0.15, 0.2) is 5.13 Å². The van der Waals surface area contributed by atoms with Crippen LogP contribution in [-0.2, 0) is 6.42 Å². The van der Waals surface area contributed by atoms with Gasteiger partial charge in [0.2, 0.25) is 0 Å². The van der Waals surface area contributed by atoms with E-state index in [1.54, 1.807) is 0 Å². The predicted octanol–water partition coefficient (Wildman–Crippen LogP) is 2.33. The molecule has 2 rings (SSSR count). The zero-order chi connectivity index (χ0) is 11.4. The smallest absolute Gasteiger partial charge is 0.185 e. The number of aromatic nitrogens is 1. The molecule has 0 unspecified atom stereocenters. The third-order valence-electron chi connectivity index (χ3n) is 3.12. The molecule has 0 amide bonds. The van der Waals surface area contributed by atoms with Gasteiger partial charge in [-0.25, -0.2) is 4.98 Å². The molecule has 4 heteroatoms. The van der Waals surface area contributed by atoms with Crippen molar-refractivity contribution in [3.8, 4) is 0 Å². The highest BCUT2D eigenvalue weighted by Gasteiger charge is 2.16. The number of aryl methyl sites for hydroxylation is 2. The first-order valence-electron chi connectivity index (χ1n) is 6.22. The molecule has 0 aromatic carbocycles. The molecule has 2 N–H and O–H groups in total. The summed E-state index contributed by atoms with van der Waals surface area (Å²) in [5.41, 5.74) is 6.76. The molecular formula is C12H21N3S. The number of rotatable bonds is 4. The highest BCUT2D eigenvalue weighted by Crippen LogP contribution is 2.28. The van der Waals surface area contributed by atoms with Crippen molar-refractivity contribution in [2.24, 2.45) is 5.73 Å². The Hall–Kier alpha value is -0.610. The fourth-order valence-corrected chi connectivity index (χ4v) is 3.28. The van der Waals surface area contributed by atoms with Gasteiger partial charge in [-0.05, 0) is 45.6 Å². The van der Waals surface area contributed by atoms with Crippen LogP contribution in [0.2, 0.25) is 0 Å². The molecule has 0 spiro atoms. The fourth-order valence-electron chi connectivity index (χ4n) is 2.13. The van der Waals surface area contributed by atoms with E-state index in [2.05, 4.69) is 11.8 Å². The third kappa shape index (κ3) is 2.74. The first-order valence-corrected chi connectivity index (χ1v) is 7.04. The van der Waals surface area contributed by atoms with E-state index in [1.165, 1.54) is 48.1 Å². The normalized spacial score (nSPS) is 16.8. The summed E-state index contributed by atoms with van der Waals surface area (Å²) in [5, 5.41) is 1.23. The fraction of sp³-hybridized carbons (Fsp3) is 0.750. The molecule has 1 saturated heterocycles. The molecule has 0 bridgehead atoms. The van der Waals surface area contributed by atoms with Crippen LogP contribution >= 0.6 is 11.3 Å². The van der Waals surface area contributed by atoms with Crippen LogP contribution in [0.25, 0.3) is 0 Å². The highest BCUT2D eigenvalue weighted by molar-refractivity contribution is 7.15. The molecule has 1 aliphatic rings. The quantitative estimate of drug-likeness (QED) is 0.877. The van der Waals surface area contributed by atoms with Crippen molar-refractivity contribution >= 4 is 16.5 Å². The second kappa shape index (κ2) is 5.64. The van der Waals surface area contributed by atoms with Gasteiger partial charge in [0.05, 0.1) is 5.69 Å². The van der Waals surface area contributed by atoms with Gasteiger partial charge in [0, 0.05) is 18.0 Å². The molecule has 0 radical (unpaired) electrons. The number of nitrogens with zero attached hydrogens (tertiary/aromatic N) is 2. The average molecular weight is 239 g/mol. The van der Waals surface area contributed by atoms with Crippen LogP contribution in [0, 0.1) is 6.92 Å². The van der Waals surface area contributed by atoms with Crippen molar-refractivity contribution in [1.29, 1.82) is 0 Å². The summed E-state index contributed by atoms with van der Waals surface area (Å²) in [6.07, 6.45) is 6.17. The van der Waals surface area contributed by atoms with Crippen LogP contribution in [-0.4, -0.2) is 24.6 Å². The lowest BCUT2D eigenvalue weighted by Gasteiger charge is -2.25. The Morgan fingerprint density at radius 1 is 1.31 bits per heavy atom. The van der Waals surface area contributed by atoms with Crippen LogP contribution in [0.3, 0.4) is 0 Å². The van der Waals surface area contributed by atoms with Crippen molar-refractivity contribution < 1.29 is 0 Å². The Morgan fingerprint density at radius 3 is 2.75 bits per heavy atom. The molecule has 1 aromatic rings. The minimum absolute atomic E-state index is 0.774. The van der Waals surface area contributed by atoms with Gasteiger partial charge >= 0.3 is 0 Å². The van der Waals surface area contributed by atoms with E-state index in [-0.39, 0.29) is 0 Å².